The molecule has 1 aromatic heterocycles. The molecule has 0 saturated carbocycles. The number of ether oxygens (including phenoxy) is 1. The third-order valence-corrected chi connectivity index (χ3v) is 3.46. The Kier molecular flexibility index (Phi) is 4.23. The van der Waals surface area contributed by atoms with Crippen molar-refractivity contribution < 1.29 is 9.53 Å². The van der Waals surface area contributed by atoms with Crippen molar-refractivity contribution in [2.75, 3.05) is 5.32 Å². The summed E-state index contributed by atoms with van der Waals surface area (Å²) < 4.78 is 5.89. The van der Waals surface area contributed by atoms with E-state index in [0.29, 0.717) is 10.0 Å². The lowest BCUT2D eigenvalue weighted by atomic mass is 10.1. The van der Waals surface area contributed by atoms with E-state index in [-0.39, 0.29) is 6.10 Å². The average molecular weight is 282 g/mol. The van der Waals surface area contributed by atoms with Crippen LogP contribution in [0.3, 0.4) is 0 Å². The van der Waals surface area contributed by atoms with Crippen molar-refractivity contribution in [3.05, 3.63) is 51.7 Å². The van der Waals surface area contributed by atoms with Crippen molar-refractivity contribution in [3.8, 4) is 0 Å². The Balaban J connectivity index is 1.92. The molecule has 0 aliphatic rings. The van der Waals surface area contributed by atoms with Gasteiger partial charge in [0.2, 0.25) is 0 Å². The smallest absolute Gasteiger partial charge is 0.412 e. The first kappa shape index (κ1) is 12.9. The van der Waals surface area contributed by atoms with Crippen LogP contribution in [-0.4, -0.2) is 6.09 Å². The standard InChI is InChI=1S/C13H12ClNO2S/c1-9(10-5-3-2-4-6-10)17-13(16)15-11-7-12(14)18-8-11/h2-9H,1H3,(H,15,16). The van der Waals surface area contributed by atoms with Crippen LogP contribution in [0.25, 0.3) is 0 Å². The van der Waals surface area contributed by atoms with E-state index in [2.05, 4.69) is 5.32 Å². The molecule has 1 N–H and O–H groups in total. The predicted molar refractivity (Wildman–Crippen MR) is 74.3 cm³/mol. The minimum Gasteiger partial charge on any atom is -0.441 e. The first-order valence-electron chi connectivity index (χ1n) is 5.42. The van der Waals surface area contributed by atoms with E-state index in [1.807, 2.05) is 37.3 Å². The number of hydrogen-bond donors (Lipinski definition) is 1. The molecule has 2 rings (SSSR count). The minimum atomic E-state index is -0.485. The summed E-state index contributed by atoms with van der Waals surface area (Å²) in [5.74, 6) is 0. The molecule has 1 aromatic carbocycles. The van der Waals surface area contributed by atoms with Crippen LogP contribution in [0.2, 0.25) is 4.34 Å². The third-order valence-electron chi connectivity index (χ3n) is 2.37. The largest absolute Gasteiger partial charge is 0.441 e. The van der Waals surface area contributed by atoms with Crippen LogP contribution in [0, 0.1) is 0 Å². The van der Waals surface area contributed by atoms with Crippen LogP contribution in [0.15, 0.2) is 41.8 Å². The van der Waals surface area contributed by atoms with Crippen molar-refractivity contribution >= 4 is 34.7 Å². The molecule has 0 aliphatic heterocycles. The molecule has 1 heterocycles. The number of anilines is 1. The number of nitrogens with one attached hydrogen (secondary N) is 1. The van der Waals surface area contributed by atoms with Gasteiger partial charge in [0.15, 0.2) is 0 Å². The number of benzene rings is 1. The molecular formula is C13H12ClNO2S. The zero-order valence-corrected chi connectivity index (χ0v) is 11.3. The first-order chi connectivity index (χ1) is 8.65. The van der Waals surface area contributed by atoms with Gasteiger partial charge in [-0.3, -0.25) is 5.32 Å². The van der Waals surface area contributed by atoms with Crippen molar-refractivity contribution in [2.24, 2.45) is 0 Å². The Labute approximate surface area is 114 Å². The predicted octanol–water partition coefficient (Wildman–Crippen LogP) is 4.71. The molecule has 1 amide bonds. The fourth-order valence-electron chi connectivity index (χ4n) is 1.48. The molecule has 1 unspecified atom stereocenters. The summed E-state index contributed by atoms with van der Waals surface area (Å²) in [6.45, 7) is 1.83. The number of thiophene rings is 1. The summed E-state index contributed by atoms with van der Waals surface area (Å²) in [6, 6.07) is 11.3. The van der Waals surface area contributed by atoms with E-state index in [9.17, 15) is 4.79 Å². The number of rotatable bonds is 3. The van der Waals surface area contributed by atoms with Crippen molar-refractivity contribution in [2.45, 2.75) is 13.0 Å². The molecule has 5 heteroatoms. The molecule has 0 spiro atoms. The lowest BCUT2D eigenvalue weighted by molar-refractivity contribution is 0.121. The molecule has 0 saturated heterocycles. The summed E-state index contributed by atoms with van der Waals surface area (Å²) in [4.78, 5) is 11.6. The SMILES string of the molecule is CC(OC(=O)Nc1csc(Cl)c1)c1ccccc1. The van der Waals surface area contributed by atoms with Gasteiger partial charge in [0.25, 0.3) is 0 Å². The molecular weight excluding hydrogens is 270 g/mol. The topological polar surface area (TPSA) is 38.3 Å². The van der Waals surface area contributed by atoms with Gasteiger partial charge in [-0.1, -0.05) is 41.9 Å². The zero-order valence-electron chi connectivity index (χ0n) is 9.72. The van der Waals surface area contributed by atoms with Crippen molar-refractivity contribution in [1.82, 2.24) is 0 Å². The fraction of sp³-hybridized carbons (Fsp3) is 0.154. The Hall–Kier alpha value is -1.52. The summed E-state index contributed by atoms with van der Waals surface area (Å²) in [6.07, 6.45) is -0.777. The van der Waals surface area contributed by atoms with Gasteiger partial charge < -0.3 is 4.74 Å². The van der Waals surface area contributed by atoms with E-state index < -0.39 is 6.09 Å². The molecule has 0 bridgehead atoms. The Morgan fingerprint density at radius 1 is 1.39 bits per heavy atom. The van der Waals surface area contributed by atoms with Gasteiger partial charge in [0.05, 0.1) is 10.0 Å². The van der Waals surface area contributed by atoms with Crippen LogP contribution in [0.1, 0.15) is 18.6 Å². The van der Waals surface area contributed by atoms with Crippen LogP contribution >= 0.6 is 22.9 Å². The number of amides is 1. The van der Waals surface area contributed by atoms with E-state index >= 15 is 0 Å². The van der Waals surface area contributed by atoms with Gasteiger partial charge in [-0.15, -0.1) is 11.3 Å². The molecule has 18 heavy (non-hydrogen) atoms. The van der Waals surface area contributed by atoms with Gasteiger partial charge in [0, 0.05) is 5.38 Å². The highest BCUT2D eigenvalue weighted by Crippen LogP contribution is 2.24. The number of hydrogen-bond acceptors (Lipinski definition) is 3. The maximum Gasteiger partial charge on any atom is 0.412 e. The van der Waals surface area contributed by atoms with Gasteiger partial charge in [-0.25, -0.2) is 4.79 Å². The van der Waals surface area contributed by atoms with Crippen molar-refractivity contribution in [1.29, 1.82) is 0 Å². The van der Waals surface area contributed by atoms with E-state index in [1.165, 1.54) is 11.3 Å². The van der Waals surface area contributed by atoms with Crippen molar-refractivity contribution in [3.63, 3.8) is 0 Å². The highest BCUT2D eigenvalue weighted by molar-refractivity contribution is 7.14. The molecule has 0 aliphatic carbocycles. The fourth-order valence-corrected chi connectivity index (χ4v) is 2.29. The summed E-state index contributed by atoms with van der Waals surface area (Å²) in [5, 5.41) is 4.39. The Bertz CT molecular complexity index is 527. The van der Waals surface area contributed by atoms with Gasteiger partial charge >= 0.3 is 6.09 Å². The highest BCUT2D eigenvalue weighted by Gasteiger charge is 2.11. The van der Waals surface area contributed by atoms with Crippen LogP contribution < -0.4 is 5.32 Å². The molecule has 3 nitrogen and oxygen atoms in total. The second-order valence-electron chi connectivity index (χ2n) is 3.72. The minimum absolute atomic E-state index is 0.291. The van der Waals surface area contributed by atoms with E-state index in [1.54, 1.807) is 11.4 Å². The molecule has 0 fully saturated rings. The van der Waals surface area contributed by atoms with Crippen LogP contribution in [0.5, 0.6) is 0 Å². The van der Waals surface area contributed by atoms with Gasteiger partial charge in [0.1, 0.15) is 6.10 Å². The summed E-state index contributed by atoms with van der Waals surface area (Å²) in [7, 11) is 0. The number of halogens is 1. The van der Waals surface area contributed by atoms with E-state index in [0.717, 1.165) is 5.56 Å². The quantitative estimate of drug-likeness (QED) is 0.885. The van der Waals surface area contributed by atoms with Crippen LogP contribution in [-0.2, 0) is 4.74 Å². The zero-order chi connectivity index (χ0) is 13.0. The lowest BCUT2D eigenvalue weighted by Gasteiger charge is -2.13. The average Bonchev–Trinajstić information content (AvgIpc) is 2.75. The monoisotopic (exact) mass is 281 g/mol. The maximum atomic E-state index is 11.6. The van der Waals surface area contributed by atoms with Crippen LogP contribution in [0.4, 0.5) is 10.5 Å². The van der Waals surface area contributed by atoms with E-state index in [4.69, 9.17) is 16.3 Å². The maximum absolute atomic E-state index is 11.6. The third kappa shape index (κ3) is 3.48. The van der Waals surface area contributed by atoms with Gasteiger partial charge in [-0.05, 0) is 18.6 Å². The second kappa shape index (κ2) is 5.89. The Morgan fingerprint density at radius 2 is 2.11 bits per heavy atom. The number of carbonyl (C=O) groups excluding carboxylic acids is 1. The lowest BCUT2D eigenvalue weighted by Crippen LogP contribution is -2.15. The second-order valence-corrected chi connectivity index (χ2v) is 5.27. The molecule has 94 valence electrons. The molecule has 2 aromatic rings. The van der Waals surface area contributed by atoms with Gasteiger partial charge in [-0.2, -0.15) is 0 Å². The normalized spacial score (nSPS) is 11.9. The first-order valence-corrected chi connectivity index (χ1v) is 6.67. The number of carbonyl (C=O) groups is 1. The molecule has 0 radical (unpaired) electrons. The molecule has 1 atom stereocenters. The summed E-state index contributed by atoms with van der Waals surface area (Å²) >= 11 is 7.13. The highest BCUT2D eigenvalue weighted by atomic mass is 35.5. The summed E-state index contributed by atoms with van der Waals surface area (Å²) in [5.41, 5.74) is 1.60. The Morgan fingerprint density at radius 3 is 2.72 bits per heavy atom.